The zero-order valence-electron chi connectivity index (χ0n) is 15.8. The lowest BCUT2D eigenvalue weighted by atomic mass is 9.91. The van der Waals surface area contributed by atoms with Gasteiger partial charge in [0.25, 0.3) is 0 Å². The van der Waals surface area contributed by atoms with Crippen LogP contribution in [-0.2, 0) is 30.4 Å². The first-order valence-corrected chi connectivity index (χ1v) is 9.53. The minimum atomic E-state index is -4.59. The van der Waals surface area contributed by atoms with Crippen LogP contribution in [0, 0.1) is 0 Å². The summed E-state index contributed by atoms with van der Waals surface area (Å²) in [7, 11) is 1.81. The van der Waals surface area contributed by atoms with E-state index in [0.717, 1.165) is 6.07 Å². The molecule has 3 heterocycles. The fourth-order valence-corrected chi connectivity index (χ4v) is 4.03. The molecule has 0 bridgehead atoms. The van der Waals surface area contributed by atoms with Crippen LogP contribution in [0.3, 0.4) is 0 Å². The number of carbonyl (C=O) groups is 1. The first-order valence-electron chi connectivity index (χ1n) is 9.15. The first-order chi connectivity index (χ1) is 14.1. The largest absolute Gasteiger partial charge is 0.480 e. The third kappa shape index (κ3) is 3.67. The number of fused-ring (bicyclic) bond motifs is 3. The molecule has 0 aliphatic heterocycles. The van der Waals surface area contributed by atoms with Gasteiger partial charge in [0.2, 0.25) is 5.95 Å². The molecule has 158 valence electrons. The third-order valence-electron chi connectivity index (χ3n) is 5.33. The molecule has 0 saturated carbocycles. The summed E-state index contributed by atoms with van der Waals surface area (Å²) in [6.45, 7) is -0.334. The number of aliphatic carboxylic acids is 1. The van der Waals surface area contributed by atoms with Gasteiger partial charge in [0, 0.05) is 24.3 Å². The monoisotopic (exact) mass is 439 g/mol. The average molecular weight is 440 g/mol. The molecular weight excluding hydrogens is 423 g/mol. The van der Waals surface area contributed by atoms with Crippen molar-refractivity contribution in [3.63, 3.8) is 0 Å². The summed E-state index contributed by atoms with van der Waals surface area (Å²) >= 11 is 5.84. The number of hydrogen-bond donors (Lipinski definition) is 1. The highest BCUT2D eigenvalue weighted by molar-refractivity contribution is 6.30. The van der Waals surface area contributed by atoms with Crippen LogP contribution < -0.4 is 4.90 Å². The second-order valence-electron chi connectivity index (χ2n) is 7.18. The summed E-state index contributed by atoms with van der Waals surface area (Å²) in [5.41, 5.74) is 0.926. The lowest BCUT2D eigenvalue weighted by Gasteiger charge is -2.31. The summed E-state index contributed by atoms with van der Waals surface area (Å²) in [5.74, 6) is -0.616. The van der Waals surface area contributed by atoms with Crippen molar-refractivity contribution in [1.29, 1.82) is 0 Å². The molecule has 1 atom stereocenters. The molecule has 0 aromatic carbocycles. The minimum absolute atomic E-state index is 0.0844. The van der Waals surface area contributed by atoms with Crippen LogP contribution in [0.2, 0.25) is 5.02 Å². The lowest BCUT2D eigenvalue weighted by Crippen LogP contribution is -2.37. The predicted octanol–water partition coefficient (Wildman–Crippen LogP) is 3.58. The van der Waals surface area contributed by atoms with Crippen molar-refractivity contribution in [1.82, 2.24) is 19.5 Å². The average Bonchev–Trinajstić information content (AvgIpc) is 2.99. The maximum Gasteiger partial charge on any atom is 0.433 e. The molecule has 0 saturated heterocycles. The molecule has 1 aliphatic rings. The van der Waals surface area contributed by atoms with Crippen LogP contribution in [0.15, 0.2) is 24.5 Å². The number of pyridine rings is 1. The van der Waals surface area contributed by atoms with Crippen molar-refractivity contribution < 1.29 is 23.1 Å². The van der Waals surface area contributed by atoms with Gasteiger partial charge in [0.1, 0.15) is 12.2 Å². The van der Waals surface area contributed by atoms with E-state index >= 15 is 0 Å². The Kier molecular flexibility index (Phi) is 5.05. The van der Waals surface area contributed by atoms with Crippen molar-refractivity contribution in [2.75, 3.05) is 11.9 Å². The Labute approximate surface area is 174 Å². The number of likely N-dealkylation sites (N-methyl/N-ethyl adjacent to an activating group) is 1. The number of halogens is 4. The smallest absolute Gasteiger partial charge is 0.433 e. The highest BCUT2D eigenvalue weighted by Crippen LogP contribution is 2.36. The Morgan fingerprint density at radius 3 is 2.67 bits per heavy atom. The van der Waals surface area contributed by atoms with Crippen LogP contribution >= 0.6 is 11.6 Å². The quantitative estimate of drug-likeness (QED) is 0.669. The number of nitrogens with zero attached hydrogens (tertiary/aromatic N) is 5. The number of anilines is 1. The van der Waals surface area contributed by atoms with Gasteiger partial charge in [0.15, 0.2) is 0 Å². The van der Waals surface area contributed by atoms with Gasteiger partial charge < -0.3 is 14.6 Å². The van der Waals surface area contributed by atoms with Crippen molar-refractivity contribution in [3.8, 4) is 0 Å². The van der Waals surface area contributed by atoms with Crippen LogP contribution in [0.1, 0.15) is 23.4 Å². The normalized spacial score (nSPS) is 16.5. The van der Waals surface area contributed by atoms with Crippen LogP contribution in [0.4, 0.5) is 19.1 Å². The number of carboxylic acids is 1. The van der Waals surface area contributed by atoms with Gasteiger partial charge in [-0.05, 0) is 31.4 Å². The maximum absolute atomic E-state index is 13.2. The number of carboxylic acid groups (broad SMARTS) is 1. The molecule has 11 heteroatoms. The van der Waals surface area contributed by atoms with Crippen molar-refractivity contribution in [3.05, 3.63) is 46.5 Å². The third-order valence-corrected chi connectivity index (χ3v) is 5.53. The predicted molar refractivity (Wildman–Crippen MR) is 104 cm³/mol. The topological polar surface area (TPSA) is 84.1 Å². The van der Waals surface area contributed by atoms with E-state index in [9.17, 15) is 23.1 Å². The molecule has 0 fully saturated rings. The Hall–Kier alpha value is -2.88. The lowest BCUT2D eigenvalue weighted by molar-refractivity contribution is -0.141. The molecule has 0 amide bonds. The summed E-state index contributed by atoms with van der Waals surface area (Å²) in [6, 6.07) is 2.10. The Bertz CT molecular complexity index is 1110. The molecule has 0 spiro atoms. The Balaban J connectivity index is 1.77. The molecule has 30 heavy (non-hydrogen) atoms. The van der Waals surface area contributed by atoms with E-state index in [1.165, 1.54) is 18.5 Å². The minimum Gasteiger partial charge on any atom is -0.480 e. The molecule has 1 unspecified atom stereocenters. The fourth-order valence-electron chi connectivity index (χ4n) is 3.93. The molecule has 7 nitrogen and oxygen atoms in total. The first kappa shape index (κ1) is 20.4. The maximum atomic E-state index is 13.2. The molecular formula is C19H17ClF3N5O2. The standard InChI is InChI=1S/C19H17ClF3N5O2/c1-27(18-24-7-10(20)8-25-18)11-2-3-13-12(6-11)17-14(28(13)9-16(29)30)4-5-15(26-17)19(21,22)23/h4-5,7-8,11H,2-3,6,9H2,1H3,(H,29,30). The van der Waals surface area contributed by atoms with Crippen LogP contribution in [-0.4, -0.2) is 43.7 Å². The van der Waals surface area contributed by atoms with E-state index in [1.807, 2.05) is 11.9 Å². The Morgan fingerprint density at radius 1 is 1.33 bits per heavy atom. The van der Waals surface area contributed by atoms with Crippen molar-refractivity contribution >= 4 is 34.6 Å². The van der Waals surface area contributed by atoms with Gasteiger partial charge in [0.05, 0.1) is 28.4 Å². The van der Waals surface area contributed by atoms with Gasteiger partial charge in [-0.3, -0.25) is 4.79 Å². The molecule has 4 rings (SSSR count). The van der Waals surface area contributed by atoms with E-state index in [2.05, 4.69) is 15.0 Å². The number of alkyl halides is 3. The van der Waals surface area contributed by atoms with E-state index in [0.29, 0.717) is 47.0 Å². The highest BCUT2D eigenvalue weighted by Gasteiger charge is 2.35. The molecule has 3 aromatic heterocycles. The zero-order valence-corrected chi connectivity index (χ0v) is 16.6. The molecule has 1 aliphatic carbocycles. The van der Waals surface area contributed by atoms with Crippen molar-refractivity contribution in [2.24, 2.45) is 0 Å². The molecule has 3 aromatic rings. The highest BCUT2D eigenvalue weighted by atomic mass is 35.5. The van der Waals surface area contributed by atoms with E-state index in [-0.39, 0.29) is 18.1 Å². The summed E-state index contributed by atoms with van der Waals surface area (Å²) in [4.78, 5) is 25.5. The number of hydrogen-bond acceptors (Lipinski definition) is 5. The summed E-state index contributed by atoms with van der Waals surface area (Å²) in [5, 5.41) is 9.69. The van der Waals surface area contributed by atoms with E-state index < -0.39 is 17.8 Å². The van der Waals surface area contributed by atoms with Crippen LogP contribution in [0.25, 0.3) is 11.0 Å². The summed E-state index contributed by atoms with van der Waals surface area (Å²) < 4.78 is 41.2. The second-order valence-corrected chi connectivity index (χ2v) is 7.61. The fraction of sp³-hybridized carbons (Fsp3) is 0.368. The molecule has 1 N–H and O–H groups in total. The van der Waals surface area contributed by atoms with Gasteiger partial charge in [-0.25, -0.2) is 15.0 Å². The van der Waals surface area contributed by atoms with Crippen LogP contribution in [0.5, 0.6) is 0 Å². The SMILES string of the molecule is CN(c1ncc(Cl)cn1)C1CCc2c(c3nc(C(F)(F)F)ccc3n2CC(=O)O)C1. The van der Waals surface area contributed by atoms with Gasteiger partial charge in [-0.15, -0.1) is 0 Å². The Morgan fingerprint density at radius 2 is 2.03 bits per heavy atom. The van der Waals surface area contributed by atoms with Gasteiger partial charge in [-0.2, -0.15) is 13.2 Å². The number of rotatable bonds is 4. The van der Waals surface area contributed by atoms with E-state index in [1.54, 1.807) is 4.57 Å². The second kappa shape index (κ2) is 7.42. The summed E-state index contributed by atoms with van der Waals surface area (Å²) in [6.07, 6.45) is -0.0667. The zero-order chi connectivity index (χ0) is 21.6. The number of aromatic nitrogens is 4. The van der Waals surface area contributed by atoms with Gasteiger partial charge >= 0.3 is 12.1 Å². The molecule has 0 radical (unpaired) electrons. The van der Waals surface area contributed by atoms with Crippen molar-refractivity contribution in [2.45, 2.75) is 38.0 Å². The van der Waals surface area contributed by atoms with Gasteiger partial charge in [-0.1, -0.05) is 11.6 Å². The van der Waals surface area contributed by atoms with E-state index in [4.69, 9.17) is 11.6 Å².